The fourth-order valence-corrected chi connectivity index (χ4v) is 3.37. The highest BCUT2D eigenvalue weighted by Crippen LogP contribution is 2.25. The first-order valence-corrected chi connectivity index (χ1v) is 9.14. The zero-order chi connectivity index (χ0) is 17.6. The Labute approximate surface area is 153 Å². The third-order valence-electron chi connectivity index (χ3n) is 4.73. The third-order valence-corrected chi connectivity index (χ3v) is 4.73. The van der Waals surface area contributed by atoms with E-state index in [9.17, 15) is 0 Å². The van der Waals surface area contributed by atoms with Gasteiger partial charge >= 0.3 is 0 Å². The van der Waals surface area contributed by atoms with Crippen LogP contribution >= 0.6 is 0 Å². The van der Waals surface area contributed by atoms with Gasteiger partial charge in [-0.15, -0.1) is 0 Å². The molecule has 0 atom stereocenters. The zero-order valence-corrected chi connectivity index (χ0v) is 14.7. The summed E-state index contributed by atoms with van der Waals surface area (Å²) in [5, 5.41) is 10.7. The Kier molecular flexibility index (Phi) is 5.21. The van der Waals surface area contributed by atoms with Crippen LogP contribution in [0, 0.1) is 0 Å². The van der Waals surface area contributed by atoms with Crippen molar-refractivity contribution in [3.63, 3.8) is 0 Å². The predicted molar refractivity (Wildman–Crippen MR) is 99.5 cm³/mol. The van der Waals surface area contributed by atoms with Crippen molar-refractivity contribution in [2.75, 3.05) is 0 Å². The van der Waals surface area contributed by atoms with Crippen molar-refractivity contribution >= 4 is 0 Å². The van der Waals surface area contributed by atoms with Gasteiger partial charge in [-0.3, -0.25) is 10.1 Å². The van der Waals surface area contributed by atoms with Crippen molar-refractivity contribution in [1.29, 1.82) is 0 Å². The van der Waals surface area contributed by atoms with Gasteiger partial charge < -0.3 is 10.1 Å². The molecule has 2 N–H and O–H groups in total. The van der Waals surface area contributed by atoms with Gasteiger partial charge in [0.1, 0.15) is 6.10 Å². The highest BCUT2D eigenvalue weighted by molar-refractivity contribution is 5.61. The van der Waals surface area contributed by atoms with Crippen LogP contribution < -0.4 is 10.1 Å². The summed E-state index contributed by atoms with van der Waals surface area (Å²) >= 11 is 0. The van der Waals surface area contributed by atoms with Gasteiger partial charge in [-0.05, 0) is 43.9 Å². The van der Waals surface area contributed by atoms with E-state index in [1.165, 1.54) is 12.8 Å². The first-order valence-electron chi connectivity index (χ1n) is 9.14. The molecule has 134 valence electrons. The molecular formula is C20H23N5O. The molecule has 0 aromatic carbocycles. The standard InChI is InChI=1S/C20H23N5O/c1-2-8-18(7-1)26-20-16(6-4-10-23-20)12-22-13-17-14-24-25-19(17)15-5-3-9-21-11-15/h3-6,9-11,14,18,22H,1-2,7-8,12-13H2,(H,24,25). The average Bonchev–Trinajstić information content (AvgIpc) is 3.36. The number of nitrogens with one attached hydrogen (secondary N) is 2. The first kappa shape index (κ1) is 16.7. The maximum absolute atomic E-state index is 6.11. The van der Waals surface area contributed by atoms with Gasteiger partial charge in [0.15, 0.2) is 0 Å². The van der Waals surface area contributed by atoms with Crippen LogP contribution in [0.4, 0.5) is 0 Å². The molecule has 0 spiro atoms. The molecule has 0 radical (unpaired) electrons. The van der Waals surface area contributed by atoms with E-state index in [0.29, 0.717) is 19.2 Å². The Morgan fingerprint density at radius 1 is 1.04 bits per heavy atom. The maximum atomic E-state index is 6.11. The Bertz CT molecular complexity index is 827. The highest BCUT2D eigenvalue weighted by Gasteiger charge is 2.18. The summed E-state index contributed by atoms with van der Waals surface area (Å²) in [4.78, 5) is 8.61. The van der Waals surface area contributed by atoms with Crippen LogP contribution in [-0.2, 0) is 13.1 Å². The summed E-state index contributed by atoms with van der Waals surface area (Å²) in [6.45, 7) is 1.41. The molecule has 0 unspecified atom stereocenters. The van der Waals surface area contributed by atoms with Gasteiger partial charge in [0.05, 0.1) is 11.9 Å². The minimum Gasteiger partial charge on any atom is -0.474 e. The van der Waals surface area contributed by atoms with Crippen LogP contribution in [0.15, 0.2) is 49.1 Å². The van der Waals surface area contributed by atoms with E-state index < -0.39 is 0 Å². The second-order valence-electron chi connectivity index (χ2n) is 6.61. The van der Waals surface area contributed by atoms with Gasteiger partial charge in [-0.25, -0.2) is 4.98 Å². The fourth-order valence-electron chi connectivity index (χ4n) is 3.37. The monoisotopic (exact) mass is 349 g/mol. The molecule has 0 bridgehead atoms. The summed E-state index contributed by atoms with van der Waals surface area (Å²) in [6.07, 6.45) is 12.3. The van der Waals surface area contributed by atoms with Crippen LogP contribution in [0.3, 0.4) is 0 Å². The lowest BCUT2D eigenvalue weighted by atomic mass is 10.1. The maximum Gasteiger partial charge on any atom is 0.218 e. The van der Waals surface area contributed by atoms with Crippen molar-refractivity contribution in [1.82, 2.24) is 25.5 Å². The normalized spacial score (nSPS) is 14.6. The molecule has 3 aromatic rings. The Morgan fingerprint density at radius 2 is 1.88 bits per heavy atom. The molecule has 0 saturated heterocycles. The number of hydrogen-bond donors (Lipinski definition) is 2. The third kappa shape index (κ3) is 3.91. The average molecular weight is 349 g/mol. The number of hydrogen-bond acceptors (Lipinski definition) is 5. The summed E-state index contributed by atoms with van der Waals surface area (Å²) < 4.78 is 6.11. The molecule has 4 rings (SSSR count). The van der Waals surface area contributed by atoms with E-state index in [1.54, 1.807) is 12.4 Å². The molecule has 1 saturated carbocycles. The van der Waals surface area contributed by atoms with Crippen molar-refractivity contribution in [3.8, 4) is 17.1 Å². The molecule has 3 heterocycles. The number of aromatic nitrogens is 4. The van der Waals surface area contributed by atoms with Crippen molar-refractivity contribution in [2.24, 2.45) is 0 Å². The molecular weight excluding hydrogens is 326 g/mol. The zero-order valence-electron chi connectivity index (χ0n) is 14.7. The fraction of sp³-hybridized carbons (Fsp3) is 0.350. The Morgan fingerprint density at radius 3 is 2.73 bits per heavy atom. The summed E-state index contributed by atoms with van der Waals surface area (Å²) in [6, 6.07) is 7.98. The summed E-state index contributed by atoms with van der Waals surface area (Å²) in [7, 11) is 0. The largest absolute Gasteiger partial charge is 0.474 e. The van der Waals surface area contributed by atoms with Gasteiger partial charge in [-0.1, -0.05) is 6.07 Å². The van der Waals surface area contributed by atoms with Gasteiger partial charge in [0, 0.05) is 48.4 Å². The predicted octanol–water partition coefficient (Wildman–Crippen LogP) is 3.48. The lowest BCUT2D eigenvalue weighted by molar-refractivity contribution is 0.199. The van der Waals surface area contributed by atoms with E-state index in [1.807, 2.05) is 30.6 Å². The van der Waals surface area contributed by atoms with Crippen LogP contribution in [0.5, 0.6) is 5.88 Å². The van der Waals surface area contributed by atoms with E-state index in [0.717, 1.165) is 41.1 Å². The Balaban J connectivity index is 1.39. The van der Waals surface area contributed by atoms with Gasteiger partial charge in [0.25, 0.3) is 0 Å². The highest BCUT2D eigenvalue weighted by atomic mass is 16.5. The second-order valence-corrected chi connectivity index (χ2v) is 6.61. The van der Waals surface area contributed by atoms with Crippen LogP contribution in [0.25, 0.3) is 11.3 Å². The molecule has 0 aliphatic heterocycles. The summed E-state index contributed by atoms with van der Waals surface area (Å²) in [5.74, 6) is 0.756. The van der Waals surface area contributed by atoms with E-state index in [-0.39, 0.29) is 0 Å². The van der Waals surface area contributed by atoms with Crippen molar-refractivity contribution < 1.29 is 4.74 Å². The SMILES string of the molecule is c1cncc(-c2[nH]ncc2CNCc2cccnc2OC2CCCC2)c1. The molecule has 26 heavy (non-hydrogen) atoms. The lowest BCUT2D eigenvalue weighted by Crippen LogP contribution is -2.17. The topological polar surface area (TPSA) is 75.7 Å². The number of aromatic amines is 1. The number of rotatable bonds is 7. The quantitative estimate of drug-likeness (QED) is 0.683. The number of pyridine rings is 2. The van der Waals surface area contributed by atoms with E-state index >= 15 is 0 Å². The minimum atomic E-state index is 0.315. The van der Waals surface area contributed by atoms with Crippen LogP contribution in [0.2, 0.25) is 0 Å². The molecule has 6 heteroatoms. The van der Waals surface area contributed by atoms with Crippen molar-refractivity contribution in [2.45, 2.75) is 44.9 Å². The first-order chi connectivity index (χ1) is 12.9. The van der Waals surface area contributed by atoms with E-state index in [4.69, 9.17) is 4.74 Å². The molecule has 1 aliphatic carbocycles. The number of nitrogens with zero attached hydrogens (tertiary/aromatic N) is 3. The molecule has 3 aromatic heterocycles. The van der Waals surface area contributed by atoms with Crippen LogP contribution in [-0.4, -0.2) is 26.3 Å². The molecule has 0 amide bonds. The number of H-pyrrole nitrogens is 1. The van der Waals surface area contributed by atoms with Crippen LogP contribution in [0.1, 0.15) is 36.8 Å². The molecule has 6 nitrogen and oxygen atoms in total. The molecule has 1 aliphatic rings. The van der Waals surface area contributed by atoms with E-state index in [2.05, 4.69) is 31.5 Å². The summed E-state index contributed by atoms with van der Waals surface area (Å²) in [5.41, 5.74) is 4.23. The smallest absolute Gasteiger partial charge is 0.218 e. The Hall–Kier alpha value is -2.73. The lowest BCUT2D eigenvalue weighted by Gasteiger charge is -2.15. The van der Waals surface area contributed by atoms with Gasteiger partial charge in [0.2, 0.25) is 5.88 Å². The van der Waals surface area contributed by atoms with Crippen molar-refractivity contribution in [3.05, 3.63) is 60.2 Å². The molecule has 1 fully saturated rings. The number of ether oxygens (including phenoxy) is 1. The van der Waals surface area contributed by atoms with Gasteiger partial charge in [-0.2, -0.15) is 5.10 Å². The second kappa shape index (κ2) is 8.10. The minimum absolute atomic E-state index is 0.315.